The van der Waals surface area contributed by atoms with Gasteiger partial charge >= 0.3 is 12.1 Å². The van der Waals surface area contributed by atoms with E-state index in [1.807, 2.05) is 0 Å². The van der Waals surface area contributed by atoms with Crippen LogP contribution >= 0.6 is 10.7 Å². The second kappa shape index (κ2) is 6.94. The van der Waals surface area contributed by atoms with Crippen LogP contribution in [0.25, 0.3) is 0 Å². The number of amides is 1. The molecule has 1 amide bonds. The van der Waals surface area contributed by atoms with Gasteiger partial charge in [-0.05, 0) is 18.2 Å². The number of hydrogen-bond acceptors (Lipinski definition) is 5. The van der Waals surface area contributed by atoms with Crippen molar-refractivity contribution < 1.29 is 39.2 Å². The average Bonchev–Trinajstić information content (AvgIpc) is 2.52. The van der Waals surface area contributed by atoms with Crippen molar-refractivity contribution in [2.75, 3.05) is 26.2 Å². The first-order valence-corrected chi connectivity index (χ1v) is 10.6. The monoisotopic (exact) mass is 438 g/mol. The smallest absolute Gasteiger partial charge is 0.332 e. The molecule has 7 nitrogen and oxygen atoms in total. The average molecular weight is 439 g/mol. The maximum Gasteiger partial charge on any atom is 0.471 e. The van der Waals surface area contributed by atoms with E-state index >= 15 is 0 Å². The molecule has 0 atom stereocenters. The summed E-state index contributed by atoms with van der Waals surface area (Å²) >= 11 is 0. The first-order chi connectivity index (χ1) is 11.7. The van der Waals surface area contributed by atoms with Gasteiger partial charge < -0.3 is 4.90 Å². The van der Waals surface area contributed by atoms with Gasteiger partial charge in [0.1, 0.15) is 10.7 Å². The highest BCUT2D eigenvalue weighted by Gasteiger charge is 2.44. The molecular weight excluding hydrogens is 428 g/mol. The summed E-state index contributed by atoms with van der Waals surface area (Å²) < 4.78 is 99.0. The number of benzene rings is 1. The molecule has 1 saturated heterocycles. The van der Waals surface area contributed by atoms with Crippen LogP contribution in [0.5, 0.6) is 0 Å². The Morgan fingerprint density at radius 2 is 1.58 bits per heavy atom. The molecule has 0 aliphatic carbocycles. The van der Waals surface area contributed by atoms with Crippen molar-refractivity contribution in [1.29, 1.82) is 0 Å². The van der Waals surface area contributed by atoms with Crippen LogP contribution in [0, 0.1) is 5.82 Å². The third-order valence-electron chi connectivity index (χ3n) is 3.57. The number of hydrogen-bond donors (Lipinski definition) is 0. The van der Waals surface area contributed by atoms with E-state index in [0.29, 0.717) is 21.3 Å². The fourth-order valence-electron chi connectivity index (χ4n) is 2.29. The minimum Gasteiger partial charge on any atom is -0.332 e. The summed E-state index contributed by atoms with van der Waals surface area (Å²) in [5.41, 5.74) is 0. The molecule has 1 aromatic carbocycles. The molecule has 1 heterocycles. The second-order valence-electron chi connectivity index (χ2n) is 5.22. The Bertz CT molecular complexity index is 925. The predicted molar refractivity (Wildman–Crippen MR) is 80.8 cm³/mol. The lowest BCUT2D eigenvalue weighted by molar-refractivity contribution is -0.186. The molecule has 0 spiro atoms. The van der Waals surface area contributed by atoms with Gasteiger partial charge in [-0.2, -0.15) is 17.5 Å². The van der Waals surface area contributed by atoms with Crippen molar-refractivity contribution in [3.8, 4) is 0 Å². The van der Waals surface area contributed by atoms with Crippen LogP contribution in [-0.4, -0.2) is 64.3 Å². The zero-order valence-corrected chi connectivity index (χ0v) is 15.1. The Labute approximate surface area is 150 Å². The normalized spacial score (nSPS) is 17.3. The van der Waals surface area contributed by atoms with Crippen molar-refractivity contribution in [1.82, 2.24) is 9.21 Å². The first kappa shape index (κ1) is 20.9. The van der Waals surface area contributed by atoms with E-state index in [1.165, 1.54) is 0 Å². The minimum atomic E-state index is -5.07. The van der Waals surface area contributed by atoms with Gasteiger partial charge in [0, 0.05) is 36.9 Å². The van der Waals surface area contributed by atoms with Crippen molar-refractivity contribution in [3.63, 3.8) is 0 Å². The first-order valence-electron chi connectivity index (χ1n) is 6.85. The van der Waals surface area contributed by atoms with Crippen LogP contribution in [0.3, 0.4) is 0 Å². The highest BCUT2D eigenvalue weighted by molar-refractivity contribution is 8.13. The number of piperazine rings is 1. The fourth-order valence-corrected chi connectivity index (χ4v) is 4.52. The molecule has 2 rings (SSSR count). The number of nitrogens with zero attached hydrogens (tertiary/aromatic N) is 2. The minimum absolute atomic E-state index is 0.429. The van der Waals surface area contributed by atoms with Crippen molar-refractivity contribution in [3.05, 3.63) is 24.0 Å². The van der Waals surface area contributed by atoms with E-state index < -0.39 is 72.9 Å². The highest BCUT2D eigenvalue weighted by Crippen LogP contribution is 2.26. The van der Waals surface area contributed by atoms with Gasteiger partial charge in [0.05, 0.1) is 4.90 Å². The van der Waals surface area contributed by atoms with E-state index in [0.717, 1.165) is 6.07 Å². The Kier molecular flexibility index (Phi) is 5.57. The molecule has 0 bridgehead atoms. The second-order valence-corrected chi connectivity index (χ2v) is 9.70. The summed E-state index contributed by atoms with van der Waals surface area (Å²) in [5, 5.41) is 0. The van der Waals surface area contributed by atoms with Crippen LogP contribution < -0.4 is 0 Å². The zero-order chi connectivity index (χ0) is 19.9. The lowest BCUT2D eigenvalue weighted by atomic mass is 10.3. The van der Waals surface area contributed by atoms with Gasteiger partial charge in [0.15, 0.2) is 0 Å². The van der Waals surface area contributed by atoms with Crippen molar-refractivity contribution in [2.45, 2.75) is 16.0 Å². The number of alkyl halides is 3. The van der Waals surface area contributed by atoms with Crippen LogP contribution in [0.1, 0.15) is 0 Å². The molecule has 1 aromatic rings. The molecule has 0 saturated carbocycles. The maximum atomic E-state index is 14.1. The molecule has 146 valence electrons. The SMILES string of the molecule is O=C(N1CCN(S(=O)(=O)c2ccc(S(=O)(=O)Cl)cc2F)CC1)C(F)(F)F. The Morgan fingerprint density at radius 3 is 2.00 bits per heavy atom. The molecule has 0 unspecified atom stereocenters. The predicted octanol–water partition coefficient (Wildman–Crippen LogP) is 1.15. The summed E-state index contributed by atoms with van der Waals surface area (Å²) in [6.07, 6.45) is -5.07. The lowest BCUT2D eigenvalue weighted by Gasteiger charge is -2.34. The van der Waals surface area contributed by atoms with Gasteiger partial charge in [0.25, 0.3) is 9.05 Å². The Hall–Kier alpha value is -1.44. The fraction of sp³-hybridized carbons (Fsp3) is 0.417. The summed E-state index contributed by atoms with van der Waals surface area (Å²) in [5.74, 6) is -3.46. The van der Waals surface area contributed by atoms with E-state index in [1.54, 1.807) is 0 Å². The van der Waals surface area contributed by atoms with Gasteiger partial charge in [-0.25, -0.2) is 21.2 Å². The number of carbonyl (C=O) groups is 1. The van der Waals surface area contributed by atoms with Crippen LogP contribution in [-0.2, 0) is 23.9 Å². The third kappa shape index (κ3) is 4.27. The number of rotatable bonds is 3. The lowest BCUT2D eigenvalue weighted by Crippen LogP contribution is -2.53. The summed E-state index contributed by atoms with van der Waals surface area (Å²) in [6, 6.07) is 1.92. The summed E-state index contributed by atoms with van der Waals surface area (Å²) in [7, 11) is -3.66. The number of halogens is 5. The van der Waals surface area contributed by atoms with Gasteiger partial charge in [-0.3, -0.25) is 4.79 Å². The van der Waals surface area contributed by atoms with Crippen molar-refractivity contribution >= 4 is 35.7 Å². The topological polar surface area (TPSA) is 91.8 Å². The molecule has 0 aromatic heterocycles. The Morgan fingerprint density at radius 1 is 1.04 bits per heavy atom. The number of sulfonamides is 1. The molecule has 26 heavy (non-hydrogen) atoms. The van der Waals surface area contributed by atoms with E-state index in [4.69, 9.17) is 10.7 Å². The van der Waals surface area contributed by atoms with E-state index in [2.05, 4.69) is 0 Å². The molecule has 0 N–H and O–H groups in total. The molecule has 1 aliphatic rings. The zero-order valence-electron chi connectivity index (χ0n) is 12.7. The van der Waals surface area contributed by atoms with Crippen LogP contribution in [0.15, 0.2) is 28.0 Å². The maximum absolute atomic E-state index is 14.1. The Balaban J connectivity index is 2.21. The van der Waals surface area contributed by atoms with Crippen LogP contribution in [0.4, 0.5) is 17.6 Å². The standard InChI is InChI=1S/C12H11ClF4N2O5S2/c13-25(21,22)8-1-2-10(9(14)7-8)26(23,24)19-5-3-18(4-6-19)11(20)12(15,16)17/h1-2,7H,3-6H2. The summed E-state index contributed by atoms with van der Waals surface area (Å²) in [6.45, 7) is -1.99. The van der Waals surface area contributed by atoms with Gasteiger partial charge in [-0.1, -0.05) is 0 Å². The third-order valence-corrected chi connectivity index (χ3v) is 6.85. The van der Waals surface area contributed by atoms with Crippen LogP contribution in [0.2, 0.25) is 0 Å². The molecule has 0 radical (unpaired) electrons. The molecular formula is C12H11ClF4N2O5S2. The molecule has 14 heteroatoms. The largest absolute Gasteiger partial charge is 0.471 e. The van der Waals surface area contributed by atoms with E-state index in [9.17, 15) is 39.2 Å². The quantitative estimate of drug-likeness (QED) is 0.521. The van der Waals surface area contributed by atoms with Gasteiger partial charge in [-0.15, -0.1) is 0 Å². The summed E-state index contributed by atoms with van der Waals surface area (Å²) in [4.78, 5) is 10.1. The molecule has 1 fully saturated rings. The number of carbonyl (C=O) groups excluding carboxylic acids is 1. The van der Waals surface area contributed by atoms with Crippen molar-refractivity contribution in [2.24, 2.45) is 0 Å². The highest BCUT2D eigenvalue weighted by atomic mass is 35.7. The molecule has 1 aliphatic heterocycles. The van der Waals surface area contributed by atoms with E-state index in [-0.39, 0.29) is 0 Å². The van der Waals surface area contributed by atoms with Gasteiger partial charge in [0.2, 0.25) is 10.0 Å².